The third-order valence-corrected chi connectivity index (χ3v) is 2.75. The molecule has 15 heavy (non-hydrogen) atoms. The zero-order valence-corrected chi connectivity index (χ0v) is 9.15. The fourth-order valence-corrected chi connectivity index (χ4v) is 2.08. The van der Waals surface area contributed by atoms with Gasteiger partial charge in [-0.25, -0.2) is 4.79 Å². The number of hydrogen-bond donors (Lipinski definition) is 2. The first-order chi connectivity index (χ1) is 7.11. The number of aliphatic hydroxyl groups is 1. The SMILES string of the molecule is CC(=CC(=O)O)CN1CCC(CCO)C1. The molecule has 0 aromatic rings. The van der Waals surface area contributed by atoms with Crippen LogP contribution in [0.1, 0.15) is 19.8 Å². The van der Waals surface area contributed by atoms with E-state index in [1.54, 1.807) is 0 Å². The number of likely N-dealkylation sites (tertiary alicyclic amines) is 1. The summed E-state index contributed by atoms with van der Waals surface area (Å²) < 4.78 is 0. The lowest BCUT2D eigenvalue weighted by Crippen LogP contribution is -2.23. The van der Waals surface area contributed by atoms with Crippen LogP contribution in [-0.2, 0) is 4.79 Å². The summed E-state index contributed by atoms with van der Waals surface area (Å²) in [6.07, 6.45) is 3.23. The summed E-state index contributed by atoms with van der Waals surface area (Å²) in [5.41, 5.74) is 0.882. The van der Waals surface area contributed by atoms with Crippen LogP contribution >= 0.6 is 0 Å². The van der Waals surface area contributed by atoms with Gasteiger partial charge in [-0.3, -0.25) is 4.90 Å². The van der Waals surface area contributed by atoms with E-state index in [-0.39, 0.29) is 6.61 Å². The fraction of sp³-hybridized carbons (Fsp3) is 0.727. The second-order valence-corrected chi connectivity index (χ2v) is 4.23. The minimum Gasteiger partial charge on any atom is -0.478 e. The lowest BCUT2D eigenvalue weighted by molar-refractivity contribution is -0.131. The molecule has 2 N–H and O–H groups in total. The number of carboxylic acid groups (broad SMARTS) is 1. The van der Waals surface area contributed by atoms with Gasteiger partial charge in [0.15, 0.2) is 0 Å². The molecule has 0 amide bonds. The Morgan fingerprint density at radius 1 is 1.60 bits per heavy atom. The first-order valence-electron chi connectivity index (χ1n) is 5.35. The van der Waals surface area contributed by atoms with Crippen molar-refractivity contribution in [3.8, 4) is 0 Å². The molecule has 1 heterocycles. The average Bonchev–Trinajstić information content (AvgIpc) is 2.51. The van der Waals surface area contributed by atoms with Crippen LogP contribution in [0.4, 0.5) is 0 Å². The van der Waals surface area contributed by atoms with Gasteiger partial charge in [-0.15, -0.1) is 0 Å². The third kappa shape index (κ3) is 4.44. The molecule has 1 atom stereocenters. The first-order valence-corrected chi connectivity index (χ1v) is 5.35. The molecule has 0 aliphatic carbocycles. The van der Waals surface area contributed by atoms with Gasteiger partial charge in [-0.1, -0.05) is 5.57 Å². The predicted octanol–water partition coefficient (Wildman–Crippen LogP) is 0.722. The Bertz CT molecular complexity index is 250. The molecule has 1 unspecified atom stereocenters. The summed E-state index contributed by atoms with van der Waals surface area (Å²) in [5, 5.41) is 17.4. The molecule has 0 aromatic heterocycles. The molecule has 1 rings (SSSR count). The maximum absolute atomic E-state index is 10.4. The van der Waals surface area contributed by atoms with Crippen molar-refractivity contribution >= 4 is 5.97 Å². The standard InChI is InChI=1S/C11H19NO3/c1-9(6-11(14)15)7-12-4-2-10(8-12)3-5-13/h6,10,13H,2-5,7-8H2,1H3,(H,14,15). The molecule has 0 spiro atoms. The van der Waals surface area contributed by atoms with Gasteiger partial charge in [-0.05, 0) is 32.2 Å². The largest absolute Gasteiger partial charge is 0.478 e. The molecule has 0 saturated carbocycles. The Morgan fingerprint density at radius 2 is 2.33 bits per heavy atom. The summed E-state index contributed by atoms with van der Waals surface area (Å²) in [4.78, 5) is 12.7. The van der Waals surface area contributed by atoms with Crippen LogP contribution < -0.4 is 0 Å². The van der Waals surface area contributed by atoms with Gasteiger partial charge in [0, 0.05) is 25.8 Å². The summed E-state index contributed by atoms with van der Waals surface area (Å²) >= 11 is 0. The lowest BCUT2D eigenvalue weighted by Gasteiger charge is -2.15. The number of aliphatic carboxylic acids is 1. The number of carboxylic acids is 1. The molecule has 1 aliphatic rings. The Labute approximate surface area is 90.2 Å². The van der Waals surface area contributed by atoms with Gasteiger partial charge < -0.3 is 10.2 Å². The van der Waals surface area contributed by atoms with Crippen molar-refractivity contribution in [3.63, 3.8) is 0 Å². The van der Waals surface area contributed by atoms with Crippen LogP contribution in [0, 0.1) is 5.92 Å². The number of carbonyl (C=O) groups is 1. The zero-order valence-electron chi connectivity index (χ0n) is 9.15. The van der Waals surface area contributed by atoms with Crippen molar-refractivity contribution in [2.45, 2.75) is 19.8 Å². The highest BCUT2D eigenvalue weighted by Gasteiger charge is 2.21. The maximum Gasteiger partial charge on any atom is 0.328 e. The van der Waals surface area contributed by atoms with Gasteiger partial charge in [0.05, 0.1) is 0 Å². The predicted molar refractivity (Wildman–Crippen MR) is 57.6 cm³/mol. The monoisotopic (exact) mass is 213 g/mol. The number of hydrogen-bond acceptors (Lipinski definition) is 3. The summed E-state index contributed by atoms with van der Waals surface area (Å²) in [7, 11) is 0. The van der Waals surface area contributed by atoms with E-state index in [0.717, 1.165) is 38.0 Å². The van der Waals surface area contributed by atoms with Gasteiger partial charge >= 0.3 is 5.97 Å². The van der Waals surface area contributed by atoms with E-state index in [9.17, 15) is 4.79 Å². The Hall–Kier alpha value is -0.870. The van der Waals surface area contributed by atoms with Crippen molar-refractivity contribution in [1.29, 1.82) is 0 Å². The Balaban J connectivity index is 2.32. The molecule has 86 valence electrons. The highest BCUT2D eigenvalue weighted by Crippen LogP contribution is 2.19. The van der Waals surface area contributed by atoms with Gasteiger partial charge in [0.2, 0.25) is 0 Å². The third-order valence-electron chi connectivity index (χ3n) is 2.75. The Morgan fingerprint density at radius 3 is 2.93 bits per heavy atom. The first kappa shape index (κ1) is 12.2. The van der Waals surface area contributed by atoms with E-state index in [1.807, 2.05) is 6.92 Å². The second kappa shape index (κ2) is 5.88. The quantitative estimate of drug-likeness (QED) is 0.661. The lowest BCUT2D eigenvalue weighted by atomic mass is 10.1. The van der Waals surface area contributed by atoms with Crippen molar-refractivity contribution in [2.75, 3.05) is 26.2 Å². The highest BCUT2D eigenvalue weighted by molar-refractivity contribution is 5.80. The molecule has 1 saturated heterocycles. The smallest absolute Gasteiger partial charge is 0.328 e. The minimum absolute atomic E-state index is 0.252. The molecule has 0 aromatic carbocycles. The molecule has 4 nitrogen and oxygen atoms in total. The van der Waals surface area contributed by atoms with Crippen molar-refractivity contribution in [3.05, 3.63) is 11.6 Å². The number of rotatable bonds is 5. The second-order valence-electron chi connectivity index (χ2n) is 4.23. The van der Waals surface area contributed by atoms with Crippen LogP contribution in [0.3, 0.4) is 0 Å². The minimum atomic E-state index is -0.876. The molecule has 0 bridgehead atoms. The zero-order chi connectivity index (χ0) is 11.3. The molecular formula is C11H19NO3. The van der Waals surface area contributed by atoms with Gasteiger partial charge in [0.1, 0.15) is 0 Å². The maximum atomic E-state index is 10.4. The molecule has 0 radical (unpaired) electrons. The van der Waals surface area contributed by atoms with Gasteiger partial charge in [0.25, 0.3) is 0 Å². The van der Waals surface area contributed by atoms with Crippen molar-refractivity contribution in [1.82, 2.24) is 4.90 Å². The van der Waals surface area contributed by atoms with Crippen molar-refractivity contribution < 1.29 is 15.0 Å². The molecular weight excluding hydrogens is 194 g/mol. The summed E-state index contributed by atoms with van der Waals surface area (Å²) in [6, 6.07) is 0. The average molecular weight is 213 g/mol. The summed E-state index contributed by atoms with van der Waals surface area (Å²) in [5.74, 6) is -0.300. The highest BCUT2D eigenvalue weighted by atomic mass is 16.4. The molecule has 4 heteroatoms. The van der Waals surface area contributed by atoms with E-state index < -0.39 is 5.97 Å². The number of nitrogens with zero attached hydrogens (tertiary/aromatic N) is 1. The topological polar surface area (TPSA) is 60.8 Å². The van der Waals surface area contributed by atoms with E-state index in [2.05, 4.69) is 4.90 Å². The van der Waals surface area contributed by atoms with E-state index in [1.165, 1.54) is 6.08 Å². The van der Waals surface area contributed by atoms with Crippen molar-refractivity contribution in [2.24, 2.45) is 5.92 Å². The van der Waals surface area contributed by atoms with Gasteiger partial charge in [-0.2, -0.15) is 0 Å². The molecule has 1 aliphatic heterocycles. The van der Waals surface area contributed by atoms with E-state index in [0.29, 0.717) is 5.92 Å². The van der Waals surface area contributed by atoms with Crippen LogP contribution in [0.25, 0.3) is 0 Å². The molecule has 1 fully saturated rings. The van der Waals surface area contributed by atoms with Crippen LogP contribution in [0.5, 0.6) is 0 Å². The van der Waals surface area contributed by atoms with Crippen LogP contribution in [0.15, 0.2) is 11.6 Å². The van der Waals surface area contributed by atoms with Crippen LogP contribution in [0.2, 0.25) is 0 Å². The number of aliphatic hydroxyl groups excluding tert-OH is 1. The summed E-state index contributed by atoms with van der Waals surface area (Å²) in [6.45, 7) is 4.81. The normalized spacial score (nSPS) is 23.3. The van der Waals surface area contributed by atoms with E-state index in [4.69, 9.17) is 10.2 Å². The fourth-order valence-electron chi connectivity index (χ4n) is 2.08. The Kier molecular flexibility index (Phi) is 4.78. The van der Waals surface area contributed by atoms with Crippen LogP contribution in [-0.4, -0.2) is 47.3 Å². The van der Waals surface area contributed by atoms with E-state index >= 15 is 0 Å².